The molecule has 0 radical (unpaired) electrons. The standard InChI is InChI=1S/C43H48N2/c1-9-35-13-10-16-39(27-35)45(41-18-12-15-37(29-41)24-31(4)5)43-26-33(7)42(25-34(43)8)44(38-21-19-32(6)20-22-38)40-17-11-14-36(28-40)23-30(2)3/h9-22,25-31H,1,23-24H2,2-8H3. The third-order valence-corrected chi connectivity index (χ3v) is 8.28. The van der Waals surface area contributed by atoms with Crippen molar-refractivity contribution in [3.63, 3.8) is 0 Å². The number of anilines is 6. The van der Waals surface area contributed by atoms with Gasteiger partial charge in [-0.1, -0.05) is 94.4 Å². The van der Waals surface area contributed by atoms with Gasteiger partial charge in [-0.15, -0.1) is 0 Å². The zero-order chi connectivity index (χ0) is 32.1. The van der Waals surface area contributed by atoms with Crippen molar-refractivity contribution < 1.29 is 0 Å². The highest BCUT2D eigenvalue weighted by molar-refractivity contribution is 5.85. The number of benzene rings is 5. The monoisotopic (exact) mass is 592 g/mol. The summed E-state index contributed by atoms with van der Waals surface area (Å²) in [4.78, 5) is 4.82. The van der Waals surface area contributed by atoms with Gasteiger partial charge in [0, 0.05) is 34.1 Å². The number of hydrogen-bond acceptors (Lipinski definition) is 2. The van der Waals surface area contributed by atoms with Crippen molar-refractivity contribution in [1.29, 1.82) is 0 Å². The first-order valence-electron chi connectivity index (χ1n) is 16.3. The predicted molar refractivity (Wildman–Crippen MR) is 197 cm³/mol. The Bertz CT molecular complexity index is 1760. The highest BCUT2D eigenvalue weighted by Crippen LogP contribution is 2.43. The topological polar surface area (TPSA) is 6.48 Å². The molecule has 0 amide bonds. The van der Waals surface area contributed by atoms with E-state index in [4.69, 9.17) is 0 Å². The summed E-state index contributed by atoms with van der Waals surface area (Å²) < 4.78 is 0. The summed E-state index contributed by atoms with van der Waals surface area (Å²) in [6, 6.07) is 40.3. The van der Waals surface area contributed by atoms with Gasteiger partial charge in [-0.25, -0.2) is 0 Å². The predicted octanol–water partition coefficient (Wildman–Crippen LogP) is 12.6. The smallest absolute Gasteiger partial charge is 0.0494 e. The Labute approximate surface area is 271 Å². The molecule has 0 aliphatic rings. The normalized spacial score (nSPS) is 11.2. The molecule has 0 N–H and O–H groups in total. The molecule has 5 aromatic rings. The van der Waals surface area contributed by atoms with Crippen LogP contribution < -0.4 is 9.80 Å². The van der Waals surface area contributed by atoms with Crippen molar-refractivity contribution in [1.82, 2.24) is 0 Å². The zero-order valence-corrected chi connectivity index (χ0v) is 28.1. The fourth-order valence-corrected chi connectivity index (χ4v) is 6.19. The number of rotatable bonds is 11. The molecule has 0 bridgehead atoms. The number of aryl methyl sites for hydroxylation is 3. The van der Waals surface area contributed by atoms with Gasteiger partial charge in [0.25, 0.3) is 0 Å². The van der Waals surface area contributed by atoms with E-state index in [0.29, 0.717) is 11.8 Å². The molecular weight excluding hydrogens is 544 g/mol. The largest absolute Gasteiger partial charge is 0.310 e. The first kappa shape index (κ1) is 31.9. The molecule has 0 heterocycles. The maximum Gasteiger partial charge on any atom is 0.0494 e. The van der Waals surface area contributed by atoms with Gasteiger partial charge in [0.15, 0.2) is 0 Å². The van der Waals surface area contributed by atoms with Crippen LogP contribution in [0, 0.1) is 32.6 Å². The molecular formula is C43H48N2. The lowest BCUT2D eigenvalue weighted by Gasteiger charge is -2.32. The maximum absolute atomic E-state index is 4.05. The second kappa shape index (κ2) is 14.0. The SMILES string of the molecule is C=Cc1cccc(N(c2cccc(CC(C)C)c2)c2cc(C)c(N(c3ccc(C)cc3)c3cccc(CC(C)C)c3)cc2C)c1. The van der Waals surface area contributed by atoms with E-state index in [0.717, 1.165) is 29.8 Å². The summed E-state index contributed by atoms with van der Waals surface area (Å²) >= 11 is 0. The second-order valence-corrected chi connectivity index (χ2v) is 13.3. The van der Waals surface area contributed by atoms with Crippen LogP contribution in [0.4, 0.5) is 34.1 Å². The van der Waals surface area contributed by atoms with Gasteiger partial charge in [0.2, 0.25) is 0 Å². The van der Waals surface area contributed by atoms with Gasteiger partial charge >= 0.3 is 0 Å². The van der Waals surface area contributed by atoms with Crippen molar-refractivity contribution in [2.75, 3.05) is 9.80 Å². The molecule has 0 saturated carbocycles. The van der Waals surface area contributed by atoms with Crippen molar-refractivity contribution >= 4 is 40.2 Å². The molecule has 0 saturated heterocycles. The summed E-state index contributed by atoms with van der Waals surface area (Å²) in [6.45, 7) is 19.8. The fraction of sp³-hybridized carbons (Fsp3) is 0.256. The van der Waals surface area contributed by atoms with Gasteiger partial charge in [-0.05, 0) is 134 Å². The van der Waals surface area contributed by atoms with Crippen LogP contribution in [0.2, 0.25) is 0 Å². The molecule has 2 nitrogen and oxygen atoms in total. The van der Waals surface area contributed by atoms with Gasteiger partial charge < -0.3 is 9.80 Å². The first-order valence-corrected chi connectivity index (χ1v) is 16.3. The van der Waals surface area contributed by atoms with Crippen LogP contribution in [0.15, 0.2) is 116 Å². The Balaban J connectivity index is 1.68. The Kier molecular flexibility index (Phi) is 9.93. The minimum absolute atomic E-state index is 0.591. The van der Waals surface area contributed by atoms with Gasteiger partial charge in [-0.3, -0.25) is 0 Å². The molecule has 0 fully saturated rings. The van der Waals surface area contributed by atoms with Crippen molar-refractivity contribution in [2.45, 2.75) is 61.3 Å². The van der Waals surface area contributed by atoms with Crippen LogP contribution in [-0.2, 0) is 12.8 Å². The average Bonchev–Trinajstić information content (AvgIpc) is 3.00. The molecule has 0 atom stereocenters. The molecule has 0 aliphatic carbocycles. The lowest BCUT2D eigenvalue weighted by atomic mass is 10.00. The van der Waals surface area contributed by atoms with E-state index in [1.165, 1.54) is 50.6 Å². The summed E-state index contributed by atoms with van der Waals surface area (Å²) in [6.07, 6.45) is 4.03. The summed E-state index contributed by atoms with van der Waals surface area (Å²) in [5.74, 6) is 1.19. The molecule has 0 aromatic heterocycles. The van der Waals surface area contributed by atoms with Crippen LogP contribution >= 0.6 is 0 Å². The van der Waals surface area contributed by atoms with Gasteiger partial charge in [-0.2, -0.15) is 0 Å². The van der Waals surface area contributed by atoms with Gasteiger partial charge in [0.1, 0.15) is 0 Å². The van der Waals surface area contributed by atoms with Crippen molar-refractivity contribution in [3.05, 3.63) is 149 Å². The lowest BCUT2D eigenvalue weighted by Crippen LogP contribution is -2.15. The number of nitrogens with zero attached hydrogens (tertiary/aromatic N) is 2. The van der Waals surface area contributed by atoms with Crippen LogP contribution in [0.25, 0.3) is 6.08 Å². The Morgan fingerprint density at radius 3 is 1.44 bits per heavy atom. The molecule has 0 spiro atoms. The fourth-order valence-electron chi connectivity index (χ4n) is 6.19. The van der Waals surface area contributed by atoms with Crippen LogP contribution in [0.3, 0.4) is 0 Å². The van der Waals surface area contributed by atoms with E-state index < -0.39 is 0 Å². The highest BCUT2D eigenvalue weighted by atomic mass is 15.2. The molecule has 5 rings (SSSR count). The van der Waals surface area contributed by atoms with E-state index in [1.807, 2.05) is 6.08 Å². The maximum atomic E-state index is 4.05. The van der Waals surface area contributed by atoms with E-state index in [2.05, 4.69) is 174 Å². The van der Waals surface area contributed by atoms with E-state index in [-0.39, 0.29) is 0 Å². The minimum atomic E-state index is 0.591. The minimum Gasteiger partial charge on any atom is -0.310 e. The summed E-state index contributed by atoms with van der Waals surface area (Å²) in [7, 11) is 0. The van der Waals surface area contributed by atoms with Crippen molar-refractivity contribution in [2.24, 2.45) is 11.8 Å². The van der Waals surface area contributed by atoms with E-state index >= 15 is 0 Å². The van der Waals surface area contributed by atoms with E-state index in [1.54, 1.807) is 0 Å². The molecule has 230 valence electrons. The number of hydrogen-bond donors (Lipinski definition) is 0. The molecule has 5 aromatic carbocycles. The highest BCUT2D eigenvalue weighted by Gasteiger charge is 2.21. The third-order valence-electron chi connectivity index (χ3n) is 8.28. The van der Waals surface area contributed by atoms with E-state index in [9.17, 15) is 0 Å². The van der Waals surface area contributed by atoms with Crippen LogP contribution in [0.5, 0.6) is 0 Å². The lowest BCUT2D eigenvalue weighted by molar-refractivity contribution is 0.647. The third kappa shape index (κ3) is 7.57. The second-order valence-electron chi connectivity index (χ2n) is 13.3. The molecule has 0 unspecified atom stereocenters. The first-order chi connectivity index (χ1) is 21.6. The molecule has 2 heteroatoms. The molecule has 0 aliphatic heterocycles. The van der Waals surface area contributed by atoms with Crippen LogP contribution in [0.1, 0.15) is 61.1 Å². The summed E-state index contributed by atoms with van der Waals surface area (Å²) in [5.41, 5.74) is 14.5. The summed E-state index contributed by atoms with van der Waals surface area (Å²) in [5, 5.41) is 0. The Morgan fingerprint density at radius 2 is 0.978 bits per heavy atom. The van der Waals surface area contributed by atoms with Gasteiger partial charge in [0.05, 0.1) is 0 Å². The van der Waals surface area contributed by atoms with Crippen molar-refractivity contribution in [3.8, 4) is 0 Å². The average molecular weight is 593 g/mol. The van der Waals surface area contributed by atoms with Crippen LogP contribution in [-0.4, -0.2) is 0 Å². The Morgan fingerprint density at radius 1 is 0.533 bits per heavy atom. The molecule has 45 heavy (non-hydrogen) atoms. The zero-order valence-electron chi connectivity index (χ0n) is 28.1. The Hall–Kier alpha value is -4.56. The quantitative estimate of drug-likeness (QED) is 0.150.